The second-order valence-corrected chi connectivity index (χ2v) is 7.99. The van der Waals surface area contributed by atoms with Crippen molar-refractivity contribution in [1.29, 1.82) is 0 Å². The monoisotopic (exact) mass is 396 g/mol. The van der Waals surface area contributed by atoms with Crippen molar-refractivity contribution in [3.63, 3.8) is 0 Å². The van der Waals surface area contributed by atoms with E-state index in [1.54, 1.807) is 30.3 Å². The maximum atomic E-state index is 12.2. The fourth-order valence-electron chi connectivity index (χ4n) is 2.09. The van der Waals surface area contributed by atoms with E-state index in [1.807, 2.05) is 25.1 Å². The van der Waals surface area contributed by atoms with Gasteiger partial charge in [-0.3, -0.25) is 9.10 Å². The molecule has 0 aliphatic carbocycles. The molecule has 0 saturated heterocycles. The molecule has 0 unspecified atom stereocenters. The summed E-state index contributed by atoms with van der Waals surface area (Å²) in [5.41, 5.74) is 2.08. The molecular formula is C16H17BrN2O3S. The van der Waals surface area contributed by atoms with E-state index in [4.69, 9.17) is 0 Å². The van der Waals surface area contributed by atoms with E-state index in [9.17, 15) is 13.2 Å². The molecule has 0 radical (unpaired) electrons. The first kappa shape index (κ1) is 17.5. The Morgan fingerprint density at radius 2 is 1.87 bits per heavy atom. The van der Waals surface area contributed by atoms with Crippen LogP contribution >= 0.6 is 15.9 Å². The zero-order valence-electron chi connectivity index (χ0n) is 12.8. The molecule has 2 aromatic carbocycles. The number of anilines is 2. The van der Waals surface area contributed by atoms with Gasteiger partial charge < -0.3 is 5.32 Å². The molecule has 1 amide bonds. The Morgan fingerprint density at radius 3 is 2.48 bits per heavy atom. The van der Waals surface area contributed by atoms with E-state index >= 15 is 0 Å². The van der Waals surface area contributed by atoms with Gasteiger partial charge in [0.1, 0.15) is 6.54 Å². The summed E-state index contributed by atoms with van der Waals surface area (Å²) in [7, 11) is -3.58. The maximum absolute atomic E-state index is 12.2. The van der Waals surface area contributed by atoms with E-state index in [2.05, 4.69) is 21.2 Å². The van der Waals surface area contributed by atoms with Crippen LogP contribution in [0.1, 0.15) is 5.56 Å². The van der Waals surface area contributed by atoms with Crippen LogP contribution in [0.3, 0.4) is 0 Å². The van der Waals surface area contributed by atoms with Gasteiger partial charge in [-0.2, -0.15) is 0 Å². The third kappa shape index (κ3) is 5.07. The van der Waals surface area contributed by atoms with Gasteiger partial charge in [0.15, 0.2) is 0 Å². The molecule has 0 heterocycles. The van der Waals surface area contributed by atoms with Crippen LogP contribution < -0.4 is 9.62 Å². The summed E-state index contributed by atoms with van der Waals surface area (Å²) >= 11 is 3.30. The van der Waals surface area contributed by atoms with Crippen LogP contribution in [0.25, 0.3) is 0 Å². The second-order valence-electron chi connectivity index (χ2n) is 5.17. The number of carbonyl (C=O) groups is 1. The molecule has 0 saturated carbocycles. The topological polar surface area (TPSA) is 66.5 Å². The highest BCUT2D eigenvalue weighted by atomic mass is 79.9. The Kier molecular flexibility index (Phi) is 5.43. The third-order valence-corrected chi connectivity index (χ3v) is 4.72. The minimum Gasteiger partial charge on any atom is -0.325 e. The molecule has 5 nitrogen and oxygen atoms in total. The molecule has 122 valence electrons. The second kappa shape index (κ2) is 7.14. The molecule has 0 spiro atoms. The fourth-order valence-corrected chi connectivity index (χ4v) is 3.32. The van der Waals surface area contributed by atoms with Crippen molar-refractivity contribution >= 4 is 43.2 Å². The van der Waals surface area contributed by atoms with Gasteiger partial charge in [0.2, 0.25) is 15.9 Å². The lowest BCUT2D eigenvalue weighted by molar-refractivity contribution is -0.114. The Hall–Kier alpha value is -1.86. The van der Waals surface area contributed by atoms with Gasteiger partial charge in [0.25, 0.3) is 0 Å². The van der Waals surface area contributed by atoms with E-state index < -0.39 is 15.9 Å². The maximum Gasteiger partial charge on any atom is 0.245 e. The van der Waals surface area contributed by atoms with Crippen molar-refractivity contribution in [3.8, 4) is 0 Å². The lowest BCUT2D eigenvalue weighted by Crippen LogP contribution is -2.37. The molecule has 1 N–H and O–H groups in total. The van der Waals surface area contributed by atoms with Gasteiger partial charge in [-0.25, -0.2) is 8.42 Å². The summed E-state index contributed by atoms with van der Waals surface area (Å²) < 4.78 is 25.8. The molecule has 0 fully saturated rings. The normalized spacial score (nSPS) is 11.1. The Balaban J connectivity index is 2.20. The minimum atomic E-state index is -3.58. The van der Waals surface area contributed by atoms with Gasteiger partial charge in [0.05, 0.1) is 11.9 Å². The van der Waals surface area contributed by atoms with Crippen LogP contribution in [-0.4, -0.2) is 27.1 Å². The zero-order valence-corrected chi connectivity index (χ0v) is 15.2. The quantitative estimate of drug-likeness (QED) is 0.843. The summed E-state index contributed by atoms with van der Waals surface area (Å²) in [4.78, 5) is 12.2. The average Bonchev–Trinajstić information content (AvgIpc) is 2.43. The van der Waals surface area contributed by atoms with Gasteiger partial charge >= 0.3 is 0 Å². The van der Waals surface area contributed by atoms with E-state index in [-0.39, 0.29) is 6.54 Å². The first-order chi connectivity index (χ1) is 10.8. The molecular weight excluding hydrogens is 380 g/mol. The van der Waals surface area contributed by atoms with E-state index in [0.29, 0.717) is 11.4 Å². The number of amides is 1. The minimum absolute atomic E-state index is 0.288. The number of nitrogens with zero attached hydrogens (tertiary/aromatic N) is 1. The Labute approximate surface area is 144 Å². The fraction of sp³-hybridized carbons (Fsp3) is 0.188. The molecule has 7 heteroatoms. The smallest absolute Gasteiger partial charge is 0.245 e. The summed E-state index contributed by atoms with van der Waals surface area (Å²) in [5, 5.41) is 2.71. The number of hydrogen-bond donors (Lipinski definition) is 1. The van der Waals surface area contributed by atoms with Crippen molar-refractivity contribution in [2.45, 2.75) is 6.92 Å². The lowest BCUT2D eigenvalue weighted by atomic mass is 10.2. The molecule has 0 atom stereocenters. The van der Waals surface area contributed by atoms with Crippen molar-refractivity contribution in [3.05, 3.63) is 58.6 Å². The Morgan fingerprint density at radius 1 is 1.17 bits per heavy atom. The standard InChI is InChI=1S/C16H17BrN2O3S/c1-12-5-3-7-14(9-12)18-16(20)11-19(23(2,21)22)15-8-4-6-13(17)10-15/h3-10H,11H2,1-2H3,(H,18,20). The van der Waals surface area contributed by atoms with E-state index in [0.717, 1.165) is 20.6 Å². The summed E-state index contributed by atoms with van der Waals surface area (Å²) in [6, 6.07) is 14.1. The van der Waals surface area contributed by atoms with Gasteiger partial charge in [0, 0.05) is 10.2 Å². The van der Waals surface area contributed by atoms with Crippen LogP contribution in [-0.2, 0) is 14.8 Å². The largest absolute Gasteiger partial charge is 0.325 e. The predicted molar refractivity (Wildman–Crippen MR) is 96.1 cm³/mol. The molecule has 0 aliphatic heterocycles. The SMILES string of the molecule is Cc1cccc(NC(=O)CN(c2cccc(Br)c2)S(C)(=O)=O)c1. The van der Waals surface area contributed by atoms with Crippen molar-refractivity contribution in [2.24, 2.45) is 0 Å². The van der Waals surface area contributed by atoms with Crippen LogP contribution in [0.2, 0.25) is 0 Å². The molecule has 23 heavy (non-hydrogen) atoms. The zero-order chi connectivity index (χ0) is 17.0. The first-order valence-corrected chi connectivity index (χ1v) is 9.49. The number of rotatable bonds is 5. The molecule has 2 rings (SSSR count). The van der Waals surface area contributed by atoms with Crippen molar-refractivity contribution in [1.82, 2.24) is 0 Å². The molecule has 2 aromatic rings. The lowest BCUT2D eigenvalue weighted by Gasteiger charge is -2.22. The van der Waals surface area contributed by atoms with Crippen LogP contribution in [0.4, 0.5) is 11.4 Å². The number of carbonyl (C=O) groups excluding carboxylic acids is 1. The number of benzene rings is 2. The summed E-state index contributed by atoms with van der Waals surface area (Å²) in [6.45, 7) is 1.63. The van der Waals surface area contributed by atoms with Crippen LogP contribution in [0.15, 0.2) is 53.0 Å². The number of sulfonamides is 1. The number of nitrogens with one attached hydrogen (secondary N) is 1. The highest BCUT2D eigenvalue weighted by molar-refractivity contribution is 9.10. The van der Waals surface area contributed by atoms with Gasteiger partial charge in [-0.15, -0.1) is 0 Å². The van der Waals surface area contributed by atoms with Crippen molar-refractivity contribution in [2.75, 3.05) is 22.4 Å². The number of aryl methyl sites for hydroxylation is 1. The number of hydrogen-bond acceptors (Lipinski definition) is 3. The van der Waals surface area contributed by atoms with E-state index in [1.165, 1.54) is 0 Å². The summed E-state index contributed by atoms with van der Waals surface area (Å²) in [5.74, 6) is -0.402. The number of halogens is 1. The molecule has 0 aliphatic rings. The molecule has 0 aromatic heterocycles. The highest BCUT2D eigenvalue weighted by Gasteiger charge is 2.21. The van der Waals surface area contributed by atoms with Gasteiger partial charge in [-0.05, 0) is 42.8 Å². The van der Waals surface area contributed by atoms with Crippen LogP contribution in [0, 0.1) is 6.92 Å². The first-order valence-electron chi connectivity index (χ1n) is 6.85. The molecule has 0 bridgehead atoms. The van der Waals surface area contributed by atoms with Crippen molar-refractivity contribution < 1.29 is 13.2 Å². The third-order valence-electron chi connectivity index (χ3n) is 3.09. The Bertz CT molecular complexity index is 822. The highest BCUT2D eigenvalue weighted by Crippen LogP contribution is 2.22. The van der Waals surface area contributed by atoms with Crippen LogP contribution in [0.5, 0.6) is 0 Å². The summed E-state index contributed by atoms with van der Waals surface area (Å²) in [6.07, 6.45) is 1.08. The predicted octanol–water partition coefficient (Wildman–Crippen LogP) is 3.16. The average molecular weight is 397 g/mol. The van der Waals surface area contributed by atoms with Gasteiger partial charge in [-0.1, -0.05) is 34.1 Å².